The van der Waals surface area contributed by atoms with E-state index in [1.54, 1.807) is 12.1 Å². The molecular weight excluding hydrogens is 273 g/mol. The molecule has 0 heterocycles. The zero-order valence-corrected chi connectivity index (χ0v) is 11.1. The molecule has 0 saturated carbocycles. The Bertz CT molecular complexity index is 410. The van der Waals surface area contributed by atoms with Gasteiger partial charge in [0.05, 0.1) is 11.2 Å². The molecule has 0 unspecified atom stereocenters. The average Bonchev–Trinajstić information content (AvgIpc) is 2.06. The first-order chi connectivity index (χ1) is 7.28. The van der Waals surface area contributed by atoms with Crippen LogP contribution in [0.2, 0.25) is 0 Å². The van der Waals surface area contributed by atoms with Gasteiger partial charge in [0.2, 0.25) is 0 Å². The number of nitrogens with one attached hydrogen (secondary N) is 1. The predicted molar refractivity (Wildman–Crippen MR) is 69.1 cm³/mol. The van der Waals surface area contributed by atoms with E-state index in [0.717, 1.165) is 0 Å². The van der Waals surface area contributed by atoms with Crippen LogP contribution >= 0.6 is 15.9 Å². The van der Waals surface area contributed by atoms with Crippen molar-refractivity contribution < 1.29 is 4.39 Å². The number of rotatable bonds is 1. The van der Waals surface area contributed by atoms with Gasteiger partial charge in [-0.05, 0) is 39.0 Å². The second-order valence-electron chi connectivity index (χ2n) is 4.42. The van der Waals surface area contributed by atoms with Gasteiger partial charge in [-0.25, -0.2) is 9.38 Å². The molecule has 3 nitrogen and oxygen atoms in total. The van der Waals surface area contributed by atoms with Crippen LogP contribution < -0.4 is 11.1 Å². The maximum absolute atomic E-state index is 13.4. The quantitative estimate of drug-likeness (QED) is 0.616. The van der Waals surface area contributed by atoms with E-state index in [1.165, 1.54) is 6.07 Å². The normalized spacial score (nSPS) is 12.7. The highest BCUT2D eigenvalue weighted by molar-refractivity contribution is 9.10. The van der Waals surface area contributed by atoms with Crippen molar-refractivity contribution in [2.45, 2.75) is 26.3 Å². The molecule has 0 amide bonds. The van der Waals surface area contributed by atoms with Crippen molar-refractivity contribution in [3.8, 4) is 0 Å². The van der Waals surface area contributed by atoms with Crippen LogP contribution in [0.5, 0.6) is 0 Å². The molecule has 88 valence electrons. The number of anilines is 1. The Morgan fingerprint density at radius 2 is 2.06 bits per heavy atom. The Balaban J connectivity index is 2.85. The summed E-state index contributed by atoms with van der Waals surface area (Å²) in [5, 5.41) is 2.73. The molecule has 5 heteroatoms. The number of halogens is 2. The van der Waals surface area contributed by atoms with Crippen molar-refractivity contribution in [1.29, 1.82) is 0 Å². The maximum atomic E-state index is 13.4. The molecule has 0 aliphatic heterocycles. The Labute approximate surface area is 103 Å². The number of guanidine groups is 1. The number of hydrogen-bond acceptors (Lipinski definition) is 1. The highest BCUT2D eigenvalue weighted by atomic mass is 79.9. The van der Waals surface area contributed by atoms with E-state index in [4.69, 9.17) is 5.73 Å². The van der Waals surface area contributed by atoms with Crippen molar-refractivity contribution in [3.63, 3.8) is 0 Å². The van der Waals surface area contributed by atoms with E-state index in [9.17, 15) is 4.39 Å². The molecule has 16 heavy (non-hydrogen) atoms. The fraction of sp³-hybridized carbons (Fsp3) is 0.364. The molecule has 0 aliphatic carbocycles. The smallest absolute Gasteiger partial charge is 0.193 e. The summed E-state index contributed by atoms with van der Waals surface area (Å²) in [6, 6.07) is 4.70. The number of hydrogen-bond donors (Lipinski definition) is 2. The van der Waals surface area contributed by atoms with Crippen LogP contribution in [-0.4, -0.2) is 11.5 Å². The van der Waals surface area contributed by atoms with E-state index >= 15 is 0 Å². The summed E-state index contributed by atoms with van der Waals surface area (Å²) in [6.45, 7) is 5.75. The van der Waals surface area contributed by atoms with Gasteiger partial charge >= 0.3 is 0 Å². The van der Waals surface area contributed by atoms with Crippen LogP contribution in [0.4, 0.5) is 10.1 Å². The van der Waals surface area contributed by atoms with Crippen molar-refractivity contribution in [1.82, 2.24) is 0 Å². The second-order valence-corrected chi connectivity index (χ2v) is 5.33. The molecule has 3 N–H and O–H groups in total. The summed E-state index contributed by atoms with van der Waals surface area (Å²) < 4.78 is 14.1. The van der Waals surface area contributed by atoms with E-state index < -0.39 is 0 Å². The molecule has 0 bridgehead atoms. The molecular formula is C11H15BrFN3. The summed E-state index contributed by atoms with van der Waals surface area (Å²) >= 11 is 3.18. The Morgan fingerprint density at radius 1 is 1.44 bits per heavy atom. The largest absolute Gasteiger partial charge is 0.370 e. The third-order valence-corrected chi connectivity index (χ3v) is 2.14. The van der Waals surface area contributed by atoms with Crippen LogP contribution in [0.1, 0.15) is 20.8 Å². The summed E-state index contributed by atoms with van der Waals surface area (Å²) in [5.74, 6) is -0.171. The molecule has 1 rings (SSSR count). The van der Waals surface area contributed by atoms with Gasteiger partial charge in [-0.1, -0.05) is 15.9 Å². The number of nitrogens with zero attached hydrogens (tertiary/aromatic N) is 1. The van der Waals surface area contributed by atoms with E-state index in [0.29, 0.717) is 10.2 Å². The third-order valence-electron chi connectivity index (χ3n) is 1.65. The summed E-state index contributed by atoms with van der Waals surface area (Å²) in [6.07, 6.45) is 0. The van der Waals surface area contributed by atoms with Crippen LogP contribution in [0.15, 0.2) is 27.7 Å². The molecule has 0 saturated heterocycles. The first-order valence-electron chi connectivity index (χ1n) is 4.85. The van der Waals surface area contributed by atoms with Crippen molar-refractivity contribution in [3.05, 3.63) is 28.5 Å². The fourth-order valence-electron chi connectivity index (χ4n) is 1.12. The third kappa shape index (κ3) is 4.18. The number of nitrogens with two attached hydrogens (primary N) is 1. The van der Waals surface area contributed by atoms with Gasteiger partial charge in [0.15, 0.2) is 5.96 Å². The number of benzene rings is 1. The van der Waals surface area contributed by atoms with E-state index in [1.807, 2.05) is 20.8 Å². The fourth-order valence-corrected chi connectivity index (χ4v) is 1.45. The maximum Gasteiger partial charge on any atom is 0.193 e. The summed E-state index contributed by atoms with van der Waals surface area (Å²) in [5.41, 5.74) is 5.68. The molecule has 0 spiro atoms. The molecule has 0 fully saturated rings. The highest BCUT2D eigenvalue weighted by Gasteiger charge is 2.09. The zero-order chi connectivity index (χ0) is 12.3. The van der Waals surface area contributed by atoms with Gasteiger partial charge in [0.1, 0.15) is 5.82 Å². The second kappa shape index (κ2) is 4.82. The topological polar surface area (TPSA) is 50.4 Å². The van der Waals surface area contributed by atoms with E-state index in [-0.39, 0.29) is 17.3 Å². The summed E-state index contributed by atoms with van der Waals surface area (Å²) in [7, 11) is 0. The van der Waals surface area contributed by atoms with Gasteiger partial charge in [-0.15, -0.1) is 0 Å². The van der Waals surface area contributed by atoms with Gasteiger partial charge in [-0.3, -0.25) is 0 Å². The summed E-state index contributed by atoms with van der Waals surface area (Å²) in [4.78, 5) is 4.17. The first-order valence-corrected chi connectivity index (χ1v) is 5.64. The lowest BCUT2D eigenvalue weighted by Gasteiger charge is -2.14. The minimum atomic E-state index is -0.374. The standard InChI is InChI=1S/C11H15BrFN3/c1-11(2,3)16-10(14)15-9-5-4-7(12)6-8(9)13/h4-6H,1-3H3,(H3,14,15,16). The van der Waals surface area contributed by atoms with Gasteiger partial charge in [0.25, 0.3) is 0 Å². The molecule has 0 atom stereocenters. The van der Waals surface area contributed by atoms with Crippen molar-refractivity contribution in [2.24, 2.45) is 10.7 Å². The minimum Gasteiger partial charge on any atom is -0.370 e. The van der Waals surface area contributed by atoms with Crippen LogP contribution in [0, 0.1) is 5.82 Å². The van der Waals surface area contributed by atoms with Gasteiger partial charge in [0, 0.05) is 4.47 Å². The first kappa shape index (κ1) is 13.0. The van der Waals surface area contributed by atoms with Crippen molar-refractivity contribution in [2.75, 3.05) is 5.32 Å². The lowest BCUT2D eigenvalue weighted by atomic mass is 10.1. The minimum absolute atomic E-state index is 0.203. The van der Waals surface area contributed by atoms with Gasteiger partial charge in [-0.2, -0.15) is 0 Å². The molecule has 1 aromatic carbocycles. The average molecular weight is 288 g/mol. The lowest BCUT2D eigenvalue weighted by Crippen LogP contribution is -2.27. The SMILES string of the molecule is CC(C)(C)N=C(N)Nc1ccc(Br)cc1F. The van der Waals surface area contributed by atoms with Crippen LogP contribution in [0.25, 0.3) is 0 Å². The van der Waals surface area contributed by atoms with Crippen LogP contribution in [-0.2, 0) is 0 Å². The van der Waals surface area contributed by atoms with Crippen LogP contribution in [0.3, 0.4) is 0 Å². The Hall–Kier alpha value is -1.10. The monoisotopic (exact) mass is 287 g/mol. The molecule has 1 aromatic rings. The molecule has 0 radical (unpaired) electrons. The lowest BCUT2D eigenvalue weighted by molar-refractivity contribution is 0.582. The number of aliphatic imine (C=N–C) groups is 1. The molecule has 0 aliphatic rings. The Morgan fingerprint density at radius 3 is 2.56 bits per heavy atom. The van der Waals surface area contributed by atoms with E-state index in [2.05, 4.69) is 26.2 Å². The Kier molecular flexibility index (Phi) is 3.91. The predicted octanol–water partition coefficient (Wildman–Crippen LogP) is 3.11. The zero-order valence-electron chi connectivity index (χ0n) is 9.51. The highest BCUT2D eigenvalue weighted by Crippen LogP contribution is 2.19. The van der Waals surface area contributed by atoms with Gasteiger partial charge < -0.3 is 11.1 Å². The van der Waals surface area contributed by atoms with Crippen molar-refractivity contribution >= 4 is 27.6 Å². The molecule has 0 aromatic heterocycles.